The number of hydrogen-bond donors (Lipinski definition) is 0. The van der Waals surface area contributed by atoms with Crippen LogP contribution < -0.4 is 9.64 Å². The Morgan fingerprint density at radius 3 is 2.69 bits per heavy atom. The zero-order valence-electron chi connectivity index (χ0n) is 16.9. The molecular formula is C22H25N5O2. The fourth-order valence-corrected chi connectivity index (χ4v) is 4.45. The van der Waals surface area contributed by atoms with E-state index < -0.39 is 0 Å². The first kappa shape index (κ1) is 18.0. The van der Waals surface area contributed by atoms with Gasteiger partial charge in [-0.3, -0.25) is 4.79 Å². The number of fused-ring (bicyclic) bond motifs is 2. The Labute approximate surface area is 169 Å². The molecule has 0 N–H and O–H groups in total. The second-order valence-corrected chi connectivity index (χ2v) is 7.74. The van der Waals surface area contributed by atoms with E-state index in [2.05, 4.69) is 11.0 Å². The Hall–Kier alpha value is -3.09. The van der Waals surface area contributed by atoms with Crippen LogP contribution in [-0.2, 0) is 17.6 Å². The Morgan fingerprint density at radius 1 is 1.10 bits per heavy atom. The summed E-state index contributed by atoms with van der Waals surface area (Å²) in [5, 5.41) is 4.94. The number of aryl methyl sites for hydroxylation is 1. The molecule has 2 aromatic heterocycles. The topological polar surface area (TPSA) is 63.0 Å². The van der Waals surface area contributed by atoms with Gasteiger partial charge in [-0.25, -0.2) is 4.98 Å². The van der Waals surface area contributed by atoms with Crippen molar-refractivity contribution in [1.29, 1.82) is 0 Å². The van der Waals surface area contributed by atoms with Crippen molar-refractivity contribution in [1.82, 2.24) is 19.5 Å². The third-order valence-electron chi connectivity index (χ3n) is 5.99. The summed E-state index contributed by atoms with van der Waals surface area (Å²) >= 11 is 0. The third-order valence-corrected chi connectivity index (χ3v) is 5.99. The number of hydrogen-bond acceptors (Lipinski definition) is 5. The van der Waals surface area contributed by atoms with Gasteiger partial charge in [0.05, 0.1) is 12.8 Å². The van der Waals surface area contributed by atoms with Crippen molar-refractivity contribution in [2.45, 2.75) is 26.2 Å². The highest BCUT2D eigenvalue weighted by atomic mass is 16.5. The molecule has 7 nitrogen and oxygen atoms in total. The van der Waals surface area contributed by atoms with Crippen LogP contribution in [0.25, 0.3) is 16.9 Å². The third kappa shape index (κ3) is 3.10. The second kappa shape index (κ2) is 7.06. The van der Waals surface area contributed by atoms with Crippen LogP contribution in [0, 0.1) is 0 Å². The highest BCUT2D eigenvalue weighted by molar-refractivity contribution is 5.74. The van der Waals surface area contributed by atoms with Crippen molar-refractivity contribution in [3.05, 3.63) is 41.6 Å². The molecule has 3 aromatic rings. The van der Waals surface area contributed by atoms with E-state index in [1.54, 1.807) is 14.0 Å². The second-order valence-electron chi connectivity index (χ2n) is 7.74. The van der Waals surface area contributed by atoms with Crippen LogP contribution in [0.3, 0.4) is 0 Å². The van der Waals surface area contributed by atoms with Crippen LogP contribution in [0.2, 0.25) is 0 Å². The minimum Gasteiger partial charge on any atom is -0.497 e. The van der Waals surface area contributed by atoms with E-state index in [0.29, 0.717) is 0 Å². The number of rotatable bonds is 3. The summed E-state index contributed by atoms with van der Waals surface area (Å²) in [5.41, 5.74) is 5.30. The summed E-state index contributed by atoms with van der Waals surface area (Å²) in [6, 6.07) is 10.0. The van der Waals surface area contributed by atoms with E-state index in [9.17, 15) is 4.79 Å². The van der Waals surface area contributed by atoms with E-state index in [0.717, 1.165) is 73.9 Å². The van der Waals surface area contributed by atoms with Gasteiger partial charge in [0.1, 0.15) is 11.6 Å². The Balaban J connectivity index is 1.59. The molecule has 1 aliphatic heterocycles. The van der Waals surface area contributed by atoms with Crippen molar-refractivity contribution >= 4 is 17.4 Å². The van der Waals surface area contributed by atoms with E-state index >= 15 is 0 Å². The number of methoxy groups -OCH3 is 1. The molecular weight excluding hydrogens is 366 g/mol. The first-order valence-corrected chi connectivity index (χ1v) is 10.2. The number of amides is 1. The minimum absolute atomic E-state index is 0.147. The molecule has 0 spiro atoms. The van der Waals surface area contributed by atoms with E-state index in [4.69, 9.17) is 14.8 Å². The van der Waals surface area contributed by atoms with E-state index in [-0.39, 0.29) is 5.91 Å². The van der Waals surface area contributed by atoms with E-state index in [1.807, 2.05) is 33.7 Å². The van der Waals surface area contributed by atoms with Crippen molar-refractivity contribution in [3.8, 4) is 17.0 Å². The first-order chi connectivity index (χ1) is 14.1. The molecule has 1 aromatic carbocycles. The van der Waals surface area contributed by atoms with Gasteiger partial charge >= 0.3 is 0 Å². The average Bonchev–Trinajstić information content (AvgIpc) is 3.38. The first-order valence-electron chi connectivity index (χ1n) is 10.2. The molecule has 0 unspecified atom stereocenters. The van der Waals surface area contributed by atoms with Crippen LogP contribution in [-0.4, -0.2) is 58.7 Å². The molecule has 1 saturated heterocycles. The van der Waals surface area contributed by atoms with Crippen LogP contribution in [0.15, 0.2) is 30.3 Å². The van der Waals surface area contributed by atoms with E-state index in [1.165, 1.54) is 11.3 Å². The van der Waals surface area contributed by atoms with Gasteiger partial charge in [0, 0.05) is 56.0 Å². The largest absolute Gasteiger partial charge is 0.497 e. The fourth-order valence-electron chi connectivity index (χ4n) is 4.45. The summed E-state index contributed by atoms with van der Waals surface area (Å²) in [6.07, 6.45) is 3.19. The summed E-state index contributed by atoms with van der Waals surface area (Å²) < 4.78 is 7.38. The standard InChI is InChI=1S/C22H25N5O2/c1-15(28)25-9-11-26(12-10-25)22-18-7-4-8-19(18)23-21-14-20(24-27(21)22)16-5-3-6-17(13-16)29-2/h3,5-6,13-14H,4,7-12H2,1-2H3. The summed E-state index contributed by atoms with van der Waals surface area (Å²) in [7, 11) is 1.67. The maximum absolute atomic E-state index is 11.7. The normalized spacial score (nSPS) is 16.3. The number of piperazine rings is 1. The molecule has 150 valence electrons. The van der Waals surface area contributed by atoms with Gasteiger partial charge < -0.3 is 14.5 Å². The molecule has 0 saturated carbocycles. The number of benzene rings is 1. The Kier molecular flexibility index (Phi) is 4.38. The number of carbonyl (C=O) groups excluding carboxylic acids is 1. The monoisotopic (exact) mass is 391 g/mol. The zero-order valence-corrected chi connectivity index (χ0v) is 16.9. The molecule has 1 amide bonds. The van der Waals surface area contributed by atoms with Gasteiger partial charge in [-0.15, -0.1) is 0 Å². The Morgan fingerprint density at radius 2 is 1.93 bits per heavy atom. The van der Waals surface area contributed by atoms with Crippen molar-refractivity contribution in [2.75, 3.05) is 38.2 Å². The fraction of sp³-hybridized carbons (Fsp3) is 0.409. The predicted octanol–water partition coefficient (Wildman–Crippen LogP) is 2.56. The lowest BCUT2D eigenvalue weighted by molar-refractivity contribution is -0.129. The van der Waals surface area contributed by atoms with Crippen molar-refractivity contribution < 1.29 is 9.53 Å². The lowest BCUT2D eigenvalue weighted by Gasteiger charge is -2.36. The zero-order chi connectivity index (χ0) is 20.0. The highest BCUT2D eigenvalue weighted by Gasteiger charge is 2.28. The highest BCUT2D eigenvalue weighted by Crippen LogP contribution is 2.33. The maximum atomic E-state index is 11.7. The van der Waals surface area contributed by atoms with Gasteiger partial charge in [-0.2, -0.15) is 9.61 Å². The molecule has 3 heterocycles. The number of ether oxygens (including phenoxy) is 1. The average molecular weight is 391 g/mol. The smallest absolute Gasteiger partial charge is 0.219 e. The van der Waals surface area contributed by atoms with Gasteiger partial charge in [-0.05, 0) is 31.4 Å². The van der Waals surface area contributed by atoms with Crippen LogP contribution in [0.1, 0.15) is 24.6 Å². The number of aromatic nitrogens is 3. The molecule has 1 aliphatic carbocycles. The summed E-state index contributed by atoms with van der Waals surface area (Å²) in [4.78, 5) is 20.9. The summed E-state index contributed by atoms with van der Waals surface area (Å²) in [5.74, 6) is 2.12. The minimum atomic E-state index is 0.147. The van der Waals surface area contributed by atoms with Gasteiger partial charge in [0.15, 0.2) is 5.65 Å². The van der Waals surface area contributed by atoms with Gasteiger partial charge in [-0.1, -0.05) is 12.1 Å². The SMILES string of the molecule is COc1cccc(-c2cc3nc4c(c(N5CCN(C(C)=O)CC5)n3n2)CCC4)c1. The molecule has 29 heavy (non-hydrogen) atoms. The number of carbonyl (C=O) groups is 1. The Bertz CT molecular complexity index is 1080. The molecule has 1 fully saturated rings. The van der Waals surface area contributed by atoms with Crippen LogP contribution in [0.5, 0.6) is 5.75 Å². The predicted molar refractivity (Wildman–Crippen MR) is 111 cm³/mol. The quantitative estimate of drug-likeness (QED) is 0.687. The molecule has 0 bridgehead atoms. The van der Waals surface area contributed by atoms with Gasteiger partial charge in [0.25, 0.3) is 0 Å². The lowest BCUT2D eigenvalue weighted by Crippen LogP contribution is -2.49. The van der Waals surface area contributed by atoms with Crippen molar-refractivity contribution in [3.63, 3.8) is 0 Å². The maximum Gasteiger partial charge on any atom is 0.219 e. The number of anilines is 1. The molecule has 0 atom stereocenters. The molecule has 7 heteroatoms. The van der Waals surface area contributed by atoms with Gasteiger partial charge in [0.2, 0.25) is 5.91 Å². The molecule has 0 radical (unpaired) electrons. The van der Waals surface area contributed by atoms with Crippen LogP contribution >= 0.6 is 0 Å². The molecule has 5 rings (SSSR count). The lowest BCUT2D eigenvalue weighted by atomic mass is 10.1. The molecule has 2 aliphatic rings. The van der Waals surface area contributed by atoms with Crippen LogP contribution in [0.4, 0.5) is 5.82 Å². The van der Waals surface area contributed by atoms with Crippen molar-refractivity contribution in [2.24, 2.45) is 0 Å². The summed E-state index contributed by atoms with van der Waals surface area (Å²) in [6.45, 7) is 4.78. The number of nitrogens with zero attached hydrogens (tertiary/aromatic N) is 5.